The molecule has 1 aliphatic heterocycles. The first kappa shape index (κ1) is 18.2. The average molecular weight is 403 g/mol. The van der Waals surface area contributed by atoms with E-state index in [9.17, 15) is 18.4 Å². The Morgan fingerprint density at radius 3 is 2.40 bits per heavy atom. The zero-order chi connectivity index (χ0) is 20.8. The number of fused-ring (bicyclic) bond motifs is 2. The van der Waals surface area contributed by atoms with E-state index in [1.807, 2.05) is 30.3 Å². The molecule has 0 bridgehead atoms. The molecule has 4 nitrogen and oxygen atoms in total. The molecule has 0 N–H and O–H groups in total. The van der Waals surface area contributed by atoms with Gasteiger partial charge in [-0.3, -0.25) is 9.59 Å². The summed E-state index contributed by atoms with van der Waals surface area (Å²) >= 11 is 0. The van der Waals surface area contributed by atoms with Crippen molar-refractivity contribution in [3.8, 4) is 0 Å². The van der Waals surface area contributed by atoms with E-state index in [0.29, 0.717) is 5.56 Å². The molecule has 0 radical (unpaired) electrons. The average Bonchev–Trinajstić information content (AvgIpc) is 3.02. The summed E-state index contributed by atoms with van der Waals surface area (Å²) in [4.78, 5) is 28.0. The van der Waals surface area contributed by atoms with Crippen LogP contribution in [0.25, 0.3) is 11.0 Å². The standard InChI is InChI=1S/C24H15F2NO3/c25-16-8-4-7-15(11-16)21-20-22(28)18-12-17(26)9-10-19(18)30-23(20)24(29)27(21)13-14-5-2-1-3-6-14/h1-12,21H,13H2. The molecule has 0 aliphatic carbocycles. The third kappa shape index (κ3) is 2.88. The second-order valence-electron chi connectivity index (χ2n) is 7.19. The number of benzene rings is 3. The molecule has 1 unspecified atom stereocenters. The molecule has 6 heteroatoms. The van der Waals surface area contributed by atoms with Crippen LogP contribution in [0.3, 0.4) is 0 Å². The van der Waals surface area contributed by atoms with Gasteiger partial charge in [0.25, 0.3) is 5.91 Å². The first-order chi connectivity index (χ1) is 14.5. The molecule has 1 atom stereocenters. The van der Waals surface area contributed by atoms with Gasteiger partial charge in [-0.05, 0) is 41.5 Å². The van der Waals surface area contributed by atoms with E-state index >= 15 is 0 Å². The summed E-state index contributed by atoms with van der Waals surface area (Å²) in [6.45, 7) is 0.204. The lowest BCUT2D eigenvalue weighted by Gasteiger charge is -2.25. The summed E-state index contributed by atoms with van der Waals surface area (Å²) in [7, 11) is 0. The lowest BCUT2D eigenvalue weighted by atomic mass is 9.98. The topological polar surface area (TPSA) is 50.5 Å². The van der Waals surface area contributed by atoms with Gasteiger partial charge in [-0.15, -0.1) is 0 Å². The first-order valence-electron chi connectivity index (χ1n) is 9.39. The van der Waals surface area contributed by atoms with Gasteiger partial charge in [0.05, 0.1) is 17.0 Å². The van der Waals surface area contributed by atoms with Gasteiger partial charge >= 0.3 is 0 Å². The molecule has 0 fully saturated rings. The Hall–Kier alpha value is -3.80. The fourth-order valence-electron chi connectivity index (χ4n) is 3.96. The van der Waals surface area contributed by atoms with Gasteiger partial charge in [-0.1, -0.05) is 42.5 Å². The molecule has 30 heavy (non-hydrogen) atoms. The Balaban J connectivity index is 1.75. The van der Waals surface area contributed by atoms with Crippen molar-refractivity contribution < 1.29 is 18.0 Å². The normalized spacial score (nSPS) is 15.6. The van der Waals surface area contributed by atoms with Gasteiger partial charge in [0.1, 0.15) is 17.2 Å². The summed E-state index contributed by atoms with van der Waals surface area (Å²) in [6.07, 6.45) is 0. The van der Waals surface area contributed by atoms with Crippen molar-refractivity contribution in [2.45, 2.75) is 12.6 Å². The highest BCUT2D eigenvalue weighted by molar-refractivity contribution is 5.99. The molecule has 2 heterocycles. The summed E-state index contributed by atoms with van der Waals surface area (Å²) in [5, 5.41) is 0.0458. The van der Waals surface area contributed by atoms with Crippen LogP contribution >= 0.6 is 0 Å². The van der Waals surface area contributed by atoms with Crippen LogP contribution in [-0.4, -0.2) is 10.8 Å². The minimum absolute atomic E-state index is 0.0458. The fourth-order valence-corrected chi connectivity index (χ4v) is 3.96. The van der Waals surface area contributed by atoms with Crippen molar-refractivity contribution in [2.75, 3.05) is 0 Å². The number of halogens is 2. The van der Waals surface area contributed by atoms with Crippen LogP contribution < -0.4 is 5.43 Å². The largest absolute Gasteiger partial charge is 0.450 e. The van der Waals surface area contributed by atoms with E-state index in [1.54, 1.807) is 6.07 Å². The molecule has 1 amide bonds. The lowest BCUT2D eigenvalue weighted by Crippen LogP contribution is -2.29. The van der Waals surface area contributed by atoms with E-state index in [2.05, 4.69) is 0 Å². The maximum atomic E-state index is 14.0. The van der Waals surface area contributed by atoms with Gasteiger partial charge in [0.2, 0.25) is 5.76 Å². The van der Waals surface area contributed by atoms with E-state index in [1.165, 1.54) is 35.2 Å². The summed E-state index contributed by atoms with van der Waals surface area (Å²) < 4.78 is 33.5. The van der Waals surface area contributed by atoms with E-state index in [0.717, 1.165) is 11.6 Å². The van der Waals surface area contributed by atoms with Crippen LogP contribution in [0.1, 0.15) is 33.3 Å². The first-order valence-corrected chi connectivity index (χ1v) is 9.39. The fraction of sp³-hybridized carbons (Fsp3) is 0.0833. The maximum Gasteiger partial charge on any atom is 0.291 e. The molecule has 1 aromatic heterocycles. The van der Waals surface area contributed by atoms with Crippen molar-refractivity contribution in [1.29, 1.82) is 0 Å². The third-order valence-electron chi connectivity index (χ3n) is 5.29. The molecule has 0 spiro atoms. The molecular weight excluding hydrogens is 388 g/mol. The van der Waals surface area contributed by atoms with Crippen molar-refractivity contribution in [3.63, 3.8) is 0 Å². The molecule has 4 aromatic rings. The highest BCUT2D eigenvalue weighted by Crippen LogP contribution is 2.39. The number of amides is 1. The lowest BCUT2D eigenvalue weighted by molar-refractivity contribution is 0.0714. The summed E-state index contributed by atoms with van der Waals surface area (Å²) in [6, 6.07) is 17.8. The van der Waals surface area contributed by atoms with Crippen LogP contribution in [0.5, 0.6) is 0 Å². The van der Waals surface area contributed by atoms with Gasteiger partial charge < -0.3 is 9.32 Å². The number of hydrogen-bond acceptors (Lipinski definition) is 3. The molecule has 3 aromatic carbocycles. The SMILES string of the molecule is O=C1c2oc3ccc(F)cc3c(=O)c2C(c2cccc(F)c2)N1Cc1ccccc1. The third-order valence-corrected chi connectivity index (χ3v) is 5.29. The number of nitrogens with zero attached hydrogens (tertiary/aromatic N) is 1. The number of carbonyl (C=O) groups is 1. The van der Waals surface area contributed by atoms with E-state index in [4.69, 9.17) is 4.42 Å². The Kier molecular flexibility index (Phi) is 4.20. The Labute approximate surface area is 170 Å². The minimum Gasteiger partial charge on any atom is -0.450 e. The van der Waals surface area contributed by atoms with Gasteiger partial charge in [-0.2, -0.15) is 0 Å². The van der Waals surface area contributed by atoms with Crippen LogP contribution in [0.4, 0.5) is 8.78 Å². The number of rotatable bonds is 3. The van der Waals surface area contributed by atoms with Crippen molar-refractivity contribution in [3.05, 3.63) is 117 Å². The smallest absolute Gasteiger partial charge is 0.291 e. The molecular formula is C24H15F2NO3. The highest BCUT2D eigenvalue weighted by Gasteiger charge is 2.42. The molecule has 1 aliphatic rings. The predicted molar refractivity (Wildman–Crippen MR) is 107 cm³/mol. The second kappa shape index (κ2) is 6.91. The zero-order valence-electron chi connectivity index (χ0n) is 15.6. The Morgan fingerprint density at radius 1 is 0.867 bits per heavy atom. The van der Waals surface area contributed by atoms with E-state index < -0.39 is 29.0 Å². The van der Waals surface area contributed by atoms with Crippen LogP contribution in [0, 0.1) is 11.6 Å². The number of hydrogen-bond donors (Lipinski definition) is 0. The summed E-state index contributed by atoms with van der Waals surface area (Å²) in [5.41, 5.74) is 1.03. The highest BCUT2D eigenvalue weighted by atomic mass is 19.1. The van der Waals surface area contributed by atoms with Gasteiger partial charge in [0.15, 0.2) is 5.43 Å². The molecule has 5 rings (SSSR count). The minimum atomic E-state index is -0.840. The van der Waals surface area contributed by atoms with Crippen molar-refractivity contribution in [2.24, 2.45) is 0 Å². The van der Waals surface area contributed by atoms with Crippen LogP contribution in [-0.2, 0) is 6.54 Å². The summed E-state index contributed by atoms with van der Waals surface area (Å²) in [5.74, 6) is -1.62. The van der Waals surface area contributed by atoms with Crippen molar-refractivity contribution >= 4 is 16.9 Å². The van der Waals surface area contributed by atoms with Crippen LogP contribution in [0.15, 0.2) is 82.0 Å². The monoisotopic (exact) mass is 403 g/mol. The second-order valence-corrected chi connectivity index (χ2v) is 7.19. The molecule has 0 saturated heterocycles. The zero-order valence-corrected chi connectivity index (χ0v) is 15.6. The van der Waals surface area contributed by atoms with Crippen molar-refractivity contribution in [1.82, 2.24) is 4.90 Å². The van der Waals surface area contributed by atoms with Gasteiger partial charge in [-0.25, -0.2) is 8.78 Å². The quantitative estimate of drug-likeness (QED) is 0.493. The Morgan fingerprint density at radius 2 is 1.63 bits per heavy atom. The van der Waals surface area contributed by atoms with Gasteiger partial charge in [0, 0.05) is 6.54 Å². The number of carbonyl (C=O) groups excluding carboxylic acids is 1. The van der Waals surface area contributed by atoms with Crippen LogP contribution in [0.2, 0.25) is 0 Å². The van der Waals surface area contributed by atoms with E-state index in [-0.39, 0.29) is 28.8 Å². The predicted octanol–water partition coefficient (Wildman–Crippen LogP) is 4.82. The Bertz CT molecular complexity index is 1350. The molecule has 148 valence electrons. The molecule has 0 saturated carbocycles. The maximum absolute atomic E-state index is 14.0.